The molecule has 0 heterocycles. The van der Waals surface area contributed by atoms with Crippen LogP contribution in [0.5, 0.6) is 0 Å². The van der Waals surface area contributed by atoms with Gasteiger partial charge in [-0.15, -0.1) is 0 Å². The molecule has 178 valence electrons. The zero-order valence-corrected chi connectivity index (χ0v) is 19.9. The number of nitrogens with two attached hydrogens (primary N) is 2. The van der Waals surface area contributed by atoms with E-state index in [4.69, 9.17) is 11.5 Å². The van der Waals surface area contributed by atoms with Crippen molar-refractivity contribution in [3.05, 3.63) is 0 Å². The summed E-state index contributed by atoms with van der Waals surface area (Å²) >= 11 is 0. The molecule has 30 heavy (non-hydrogen) atoms. The lowest BCUT2D eigenvalue weighted by molar-refractivity contribution is -0.119. The lowest BCUT2D eigenvalue weighted by Crippen LogP contribution is -2.09. The summed E-state index contributed by atoms with van der Waals surface area (Å²) in [7, 11) is 0. The zero-order chi connectivity index (χ0) is 22.1. The Labute approximate surface area is 187 Å². The number of rotatable bonds is 25. The lowest BCUT2D eigenvalue weighted by Gasteiger charge is -2.04. The van der Waals surface area contributed by atoms with Crippen molar-refractivity contribution in [2.45, 2.75) is 154 Å². The summed E-state index contributed by atoms with van der Waals surface area (Å²) in [5, 5.41) is 0. The first-order valence-corrected chi connectivity index (χ1v) is 13.2. The van der Waals surface area contributed by atoms with Crippen LogP contribution in [-0.4, -0.2) is 11.8 Å². The van der Waals surface area contributed by atoms with Crippen molar-refractivity contribution in [1.29, 1.82) is 0 Å². The summed E-state index contributed by atoms with van der Waals surface area (Å²) in [5.74, 6) is -0.319. The maximum absolute atomic E-state index is 10.6. The summed E-state index contributed by atoms with van der Waals surface area (Å²) < 4.78 is 0. The molecular formula is C26H52N2O2. The highest BCUT2D eigenvalue weighted by molar-refractivity contribution is 5.73. The molecule has 0 bridgehead atoms. The summed E-state index contributed by atoms with van der Waals surface area (Å²) in [6, 6.07) is 0. The first-order chi connectivity index (χ1) is 14.6. The standard InChI is InChI=1S/C26H52N2O2/c27-25(29)23-21-19-17-15-13-11-9-7-5-3-1-2-4-6-8-10-12-14-16-18-20-22-24-26(28)30/h1-24H2,(H2,27,29)(H2,28,30). The molecule has 0 fully saturated rings. The van der Waals surface area contributed by atoms with E-state index in [0.29, 0.717) is 12.8 Å². The molecule has 0 aromatic carbocycles. The van der Waals surface area contributed by atoms with Crippen LogP contribution >= 0.6 is 0 Å². The Hall–Kier alpha value is -1.06. The fraction of sp³-hybridized carbons (Fsp3) is 0.923. The van der Waals surface area contributed by atoms with Gasteiger partial charge < -0.3 is 11.5 Å². The molecule has 0 aromatic heterocycles. The molecular weight excluding hydrogens is 372 g/mol. The van der Waals surface area contributed by atoms with Gasteiger partial charge in [-0.25, -0.2) is 0 Å². The minimum absolute atomic E-state index is 0.160. The van der Waals surface area contributed by atoms with Crippen LogP contribution in [0.4, 0.5) is 0 Å². The molecule has 4 N–H and O–H groups in total. The van der Waals surface area contributed by atoms with Crippen LogP contribution in [0.2, 0.25) is 0 Å². The smallest absolute Gasteiger partial charge is 0.217 e. The highest BCUT2D eigenvalue weighted by Crippen LogP contribution is 2.15. The SMILES string of the molecule is NC(=O)CCCCCCCCCCCCCCCCCCCCCCCCC(N)=O. The van der Waals surface area contributed by atoms with Crippen molar-refractivity contribution in [2.75, 3.05) is 0 Å². The van der Waals surface area contributed by atoms with E-state index in [1.54, 1.807) is 0 Å². The second kappa shape index (κ2) is 24.2. The van der Waals surface area contributed by atoms with Crippen molar-refractivity contribution in [2.24, 2.45) is 11.5 Å². The van der Waals surface area contributed by atoms with E-state index in [0.717, 1.165) is 25.7 Å². The van der Waals surface area contributed by atoms with Crippen LogP contribution in [0.25, 0.3) is 0 Å². The number of hydrogen-bond donors (Lipinski definition) is 2. The third kappa shape index (κ3) is 26.9. The quantitative estimate of drug-likeness (QED) is 0.150. The van der Waals surface area contributed by atoms with Gasteiger partial charge in [-0.05, 0) is 12.8 Å². The predicted octanol–water partition coefficient (Wildman–Crippen LogP) is 7.32. The van der Waals surface area contributed by atoms with Gasteiger partial charge in [-0.3, -0.25) is 9.59 Å². The number of carbonyl (C=O) groups excluding carboxylic acids is 2. The summed E-state index contributed by atoms with van der Waals surface area (Å²) in [6.07, 6.45) is 30.1. The third-order valence-electron chi connectivity index (χ3n) is 6.10. The lowest BCUT2D eigenvalue weighted by atomic mass is 10.0. The topological polar surface area (TPSA) is 86.2 Å². The first-order valence-electron chi connectivity index (χ1n) is 13.2. The molecule has 0 radical (unpaired) electrons. The van der Waals surface area contributed by atoms with Crippen LogP contribution in [0.15, 0.2) is 0 Å². The van der Waals surface area contributed by atoms with Gasteiger partial charge in [-0.1, -0.05) is 128 Å². The summed E-state index contributed by atoms with van der Waals surface area (Å²) in [4.78, 5) is 21.3. The first kappa shape index (κ1) is 28.9. The Bertz CT molecular complexity index is 349. The van der Waals surface area contributed by atoms with E-state index in [2.05, 4.69) is 0 Å². The third-order valence-corrected chi connectivity index (χ3v) is 6.10. The van der Waals surface area contributed by atoms with Crippen LogP contribution in [0.1, 0.15) is 154 Å². The highest BCUT2D eigenvalue weighted by Gasteiger charge is 1.97. The molecule has 0 spiro atoms. The van der Waals surface area contributed by atoms with Gasteiger partial charge in [0.15, 0.2) is 0 Å². The Kier molecular flexibility index (Phi) is 23.4. The van der Waals surface area contributed by atoms with E-state index in [9.17, 15) is 9.59 Å². The maximum atomic E-state index is 10.6. The van der Waals surface area contributed by atoms with E-state index in [1.807, 2.05) is 0 Å². The van der Waals surface area contributed by atoms with Gasteiger partial charge in [0.1, 0.15) is 0 Å². The Morgan fingerprint density at radius 1 is 0.300 bits per heavy atom. The van der Waals surface area contributed by atoms with Gasteiger partial charge in [-0.2, -0.15) is 0 Å². The number of amides is 2. The molecule has 4 heteroatoms. The van der Waals surface area contributed by atoms with Gasteiger partial charge >= 0.3 is 0 Å². The fourth-order valence-corrected chi connectivity index (χ4v) is 4.13. The average molecular weight is 425 g/mol. The maximum Gasteiger partial charge on any atom is 0.217 e. The number of primary amides is 2. The van der Waals surface area contributed by atoms with Gasteiger partial charge in [0, 0.05) is 12.8 Å². The monoisotopic (exact) mass is 424 g/mol. The molecule has 0 saturated heterocycles. The van der Waals surface area contributed by atoms with E-state index in [1.165, 1.54) is 116 Å². The normalized spacial score (nSPS) is 11.1. The summed E-state index contributed by atoms with van der Waals surface area (Å²) in [6.45, 7) is 0. The molecule has 0 aliphatic heterocycles. The molecule has 0 rings (SSSR count). The second-order valence-corrected chi connectivity index (χ2v) is 9.21. The van der Waals surface area contributed by atoms with Crippen LogP contribution in [-0.2, 0) is 9.59 Å². The minimum atomic E-state index is -0.160. The number of hydrogen-bond acceptors (Lipinski definition) is 2. The molecule has 0 saturated carbocycles. The van der Waals surface area contributed by atoms with Crippen LogP contribution < -0.4 is 11.5 Å². The van der Waals surface area contributed by atoms with Crippen molar-refractivity contribution in [3.63, 3.8) is 0 Å². The van der Waals surface area contributed by atoms with Crippen LogP contribution in [0.3, 0.4) is 0 Å². The van der Waals surface area contributed by atoms with E-state index in [-0.39, 0.29) is 11.8 Å². The van der Waals surface area contributed by atoms with E-state index < -0.39 is 0 Å². The zero-order valence-electron chi connectivity index (χ0n) is 19.9. The molecule has 0 unspecified atom stereocenters. The summed E-state index contributed by atoms with van der Waals surface area (Å²) in [5.41, 5.74) is 10.3. The Morgan fingerprint density at radius 2 is 0.433 bits per heavy atom. The largest absolute Gasteiger partial charge is 0.370 e. The number of unbranched alkanes of at least 4 members (excludes halogenated alkanes) is 21. The Balaban J connectivity index is 3.02. The van der Waals surface area contributed by atoms with Crippen LogP contribution in [0, 0.1) is 0 Å². The molecule has 0 aliphatic carbocycles. The predicted molar refractivity (Wildman–Crippen MR) is 129 cm³/mol. The average Bonchev–Trinajstić information content (AvgIpc) is 2.70. The van der Waals surface area contributed by atoms with Gasteiger partial charge in [0.25, 0.3) is 0 Å². The highest BCUT2D eigenvalue weighted by atomic mass is 16.1. The molecule has 0 atom stereocenters. The molecule has 2 amide bonds. The van der Waals surface area contributed by atoms with Gasteiger partial charge in [0.05, 0.1) is 0 Å². The van der Waals surface area contributed by atoms with Crippen molar-refractivity contribution < 1.29 is 9.59 Å². The minimum Gasteiger partial charge on any atom is -0.370 e. The van der Waals surface area contributed by atoms with Gasteiger partial charge in [0.2, 0.25) is 11.8 Å². The molecule has 4 nitrogen and oxygen atoms in total. The van der Waals surface area contributed by atoms with E-state index >= 15 is 0 Å². The van der Waals surface area contributed by atoms with Crippen molar-refractivity contribution in [3.8, 4) is 0 Å². The van der Waals surface area contributed by atoms with Crippen molar-refractivity contribution in [1.82, 2.24) is 0 Å². The Morgan fingerprint density at radius 3 is 0.567 bits per heavy atom. The number of carbonyl (C=O) groups is 2. The second-order valence-electron chi connectivity index (χ2n) is 9.21. The molecule has 0 aliphatic rings. The molecule has 0 aromatic rings. The fourth-order valence-electron chi connectivity index (χ4n) is 4.13. The van der Waals surface area contributed by atoms with Crippen molar-refractivity contribution >= 4 is 11.8 Å².